The van der Waals surface area contributed by atoms with E-state index in [4.69, 9.17) is 4.55 Å². The summed E-state index contributed by atoms with van der Waals surface area (Å²) in [6.45, 7) is 0.137. The standard InChI is InChI=1S/C7H9F3O6S2/c1-2-3-6(5-17(11,12)13)4-16-18(14,15)7(8,9)10/h6H,4-5H2,1H3,(H,11,12,13). The van der Waals surface area contributed by atoms with Gasteiger partial charge in [-0.2, -0.15) is 30.0 Å². The molecule has 0 radical (unpaired) electrons. The van der Waals surface area contributed by atoms with Crippen molar-refractivity contribution in [3.63, 3.8) is 0 Å². The molecule has 0 saturated carbocycles. The van der Waals surface area contributed by atoms with Gasteiger partial charge in [-0.1, -0.05) is 5.92 Å². The molecule has 0 aromatic heterocycles. The van der Waals surface area contributed by atoms with E-state index in [1.54, 1.807) is 0 Å². The maximum atomic E-state index is 11.9. The summed E-state index contributed by atoms with van der Waals surface area (Å²) in [7, 11) is -10.3. The van der Waals surface area contributed by atoms with Crippen LogP contribution in [0.4, 0.5) is 13.2 Å². The number of hydrogen-bond donors (Lipinski definition) is 1. The summed E-state index contributed by atoms with van der Waals surface area (Å²) in [5.74, 6) is 1.89. The van der Waals surface area contributed by atoms with Gasteiger partial charge < -0.3 is 0 Å². The van der Waals surface area contributed by atoms with Crippen LogP contribution >= 0.6 is 0 Å². The van der Waals surface area contributed by atoms with E-state index >= 15 is 0 Å². The predicted molar refractivity (Wildman–Crippen MR) is 54.3 cm³/mol. The lowest BCUT2D eigenvalue weighted by Gasteiger charge is -2.11. The summed E-state index contributed by atoms with van der Waals surface area (Å²) in [5.41, 5.74) is -5.60. The van der Waals surface area contributed by atoms with E-state index in [0.717, 1.165) is 0 Å². The fourth-order valence-corrected chi connectivity index (χ4v) is 1.99. The van der Waals surface area contributed by atoms with Gasteiger partial charge in [-0.05, 0) is 6.92 Å². The molecule has 0 aliphatic rings. The van der Waals surface area contributed by atoms with Crippen molar-refractivity contribution < 1.29 is 38.7 Å². The molecule has 0 heterocycles. The second-order valence-corrected chi connectivity index (χ2v) is 6.13. The highest BCUT2D eigenvalue weighted by molar-refractivity contribution is 7.87. The fourth-order valence-electron chi connectivity index (χ4n) is 0.828. The molecule has 11 heteroatoms. The summed E-state index contributed by atoms with van der Waals surface area (Å²) in [6.07, 6.45) is 0. The third kappa shape index (κ3) is 6.20. The zero-order valence-corrected chi connectivity index (χ0v) is 10.6. The zero-order chi connectivity index (χ0) is 14.6. The van der Waals surface area contributed by atoms with Gasteiger partial charge in [0.1, 0.15) is 0 Å². The molecule has 0 saturated heterocycles. The van der Waals surface area contributed by atoms with Crippen molar-refractivity contribution in [3.05, 3.63) is 0 Å². The molecule has 0 rings (SSSR count). The third-order valence-electron chi connectivity index (χ3n) is 1.47. The van der Waals surface area contributed by atoms with Crippen LogP contribution in [0.15, 0.2) is 0 Å². The molecule has 1 atom stereocenters. The summed E-state index contributed by atoms with van der Waals surface area (Å²) in [5, 5.41) is 0. The topological polar surface area (TPSA) is 97.7 Å². The molecule has 0 aromatic carbocycles. The largest absolute Gasteiger partial charge is 0.523 e. The van der Waals surface area contributed by atoms with Gasteiger partial charge in [0.15, 0.2) is 0 Å². The second kappa shape index (κ2) is 5.87. The van der Waals surface area contributed by atoms with Crippen LogP contribution in [-0.4, -0.2) is 39.3 Å². The van der Waals surface area contributed by atoms with E-state index in [1.807, 2.05) is 0 Å². The minimum absolute atomic E-state index is 1.03. The van der Waals surface area contributed by atoms with Crippen molar-refractivity contribution in [2.24, 2.45) is 5.92 Å². The first-order valence-corrected chi connectivity index (χ1v) is 7.24. The Labute approximate surface area is 102 Å². The first-order chi connectivity index (χ1) is 7.89. The SMILES string of the molecule is CC#CC(COS(=O)(=O)C(F)(F)F)CS(=O)(=O)O. The van der Waals surface area contributed by atoms with Gasteiger partial charge in [0.05, 0.1) is 18.3 Å². The lowest BCUT2D eigenvalue weighted by Crippen LogP contribution is -2.29. The van der Waals surface area contributed by atoms with Gasteiger partial charge in [0.25, 0.3) is 10.1 Å². The van der Waals surface area contributed by atoms with E-state index in [1.165, 1.54) is 6.92 Å². The first-order valence-electron chi connectivity index (χ1n) is 4.22. The molecule has 0 aliphatic carbocycles. The van der Waals surface area contributed by atoms with Gasteiger partial charge in [-0.25, -0.2) is 0 Å². The highest BCUT2D eigenvalue weighted by Gasteiger charge is 2.47. The van der Waals surface area contributed by atoms with Crippen molar-refractivity contribution in [2.75, 3.05) is 12.4 Å². The molecule has 0 bridgehead atoms. The molecule has 0 fully saturated rings. The van der Waals surface area contributed by atoms with E-state index in [-0.39, 0.29) is 0 Å². The zero-order valence-electron chi connectivity index (χ0n) is 8.93. The van der Waals surface area contributed by atoms with Crippen LogP contribution in [0.2, 0.25) is 0 Å². The van der Waals surface area contributed by atoms with Crippen molar-refractivity contribution in [1.82, 2.24) is 0 Å². The van der Waals surface area contributed by atoms with Crippen molar-refractivity contribution in [3.8, 4) is 11.8 Å². The molecule has 0 amide bonds. The summed E-state index contributed by atoms with van der Waals surface area (Å²) < 4.78 is 89.8. The Kier molecular flexibility index (Phi) is 5.60. The minimum Gasteiger partial charge on any atom is -0.286 e. The van der Waals surface area contributed by atoms with Crippen LogP contribution in [0.1, 0.15) is 6.92 Å². The highest BCUT2D eigenvalue weighted by Crippen LogP contribution is 2.25. The van der Waals surface area contributed by atoms with Gasteiger partial charge in [0, 0.05) is 0 Å². The average molecular weight is 310 g/mol. The lowest BCUT2D eigenvalue weighted by molar-refractivity contribution is -0.0545. The molecule has 1 unspecified atom stereocenters. The normalized spacial score (nSPS) is 14.7. The Balaban J connectivity index is 4.80. The quantitative estimate of drug-likeness (QED) is 0.341. The molecule has 0 aromatic rings. The van der Waals surface area contributed by atoms with E-state index in [2.05, 4.69) is 16.0 Å². The average Bonchev–Trinajstić information content (AvgIpc) is 2.10. The summed E-state index contributed by atoms with van der Waals surface area (Å²) in [6, 6.07) is 0. The molecular formula is C7H9F3O6S2. The van der Waals surface area contributed by atoms with Crippen molar-refractivity contribution >= 4 is 20.2 Å². The fraction of sp³-hybridized carbons (Fsp3) is 0.714. The molecule has 106 valence electrons. The monoisotopic (exact) mass is 310 g/mol. The van der Waals surface area contributed by atoms with Crippen molar-refractivity contribution in [1.29, 1.82) is 0 Å². The summed E-state index contributed by atoms with van der Waals surface area (Å²) >= 11 is 0. The summed E-state index contributed by atoms with van der Waals surface area (Å²) in [4.78, 5) is 0. The Hall–Kier alpha value is -0.830. The van der Waals surface area contributed by atoms with Crippen LogP contribution in [0.3, 0.4) is 0 Å². The maximum Gasteiger partial charge on any atom is 0.523 e. The van der Waals surface area contributed by atoms with Gasteiger partial charge in [-0.3, -0.25) is 8.74 Å². The number of halogens is 3. The van der Waals surface area contributed by atoms with Crippen LogP contribution in [-0.2, 0) is 24.4 Å². The Morgan fingerprint density at radius 2 is 1.78 bits per heavy atom. The Bertz CT molecular complexity index is 536. The lowest BCUT2D eigenvalue weighted by atomic mass is 10.2. The van der Waals surface area contributed by atoms with Crippen LogP contribution in [0, 0.1) is 17.8 Å². The van der Waals surface area contributed by atoms with E-state index in [9.17, 15) is 30.0 Å². The Morgan fingerprint density at radius 3 is 2.11 bits per heavy atom. The molecular weight excluding hydrogens is 301 g/mol. The third-order valence-corrected chi connectivity index (χ3v) is 3.31. The predicted octanol–water partition coefficient (Wildman–Crippen LogP) is 0.380. The first kappa shape index (κ1) is 17.2. The molecule has 6 nitrogen and oxygen atoms in total. The van der Waals surface area contributed by atoms with E-state index in [0.29, 0.717) is 0 Å². The highest BCUT2D eigenvalue weighted by atomic mass is 32.2. The van der Waals surface area contributed by atoms with Crippen LogP contribution in [0.5, 0.6) is 0 Å². The van der Waals surface area contributed by atoms with E-state index < -0.39 is 44.0 Å². The smallest absolute Gasteiger partial charge is 0.286 e. The van der Waals surface area contributed by atoms with Gasteiger partial charge >= 0.3 is 15.6 Å². The van der Waals surface area contributed by atoms with Crippen molar-refractivity contribution in [2.45, 2.75) is 12.4 Å². The molecule has 0 aliphatic heterocycles. The Morgan fingerprint density at radius 1 is 1.28 bits per heavy atom. The number of hydrogen-bond acceptors (Lipinski definition) is 5. The van der Waals surface area contributed by atoms with Crippen LogP contribution < -0.4 is 0 Å². The van der Waals surface area contributed by atoms with Crippen LogP contribution in [0.25, 0.3) is 0 Å². The van der Waals surface area contributed by atoms with Gasteiger partial charge in [0.2, 0.25) is 0 Å². The second-order valence-electron chi connectivity index (χ2n) is 3.02. The molecule has 1 N–H and O–H groups in total. The maximum absolute atomic E-state index is 11.9. The molecule has 18 heavy (non-hydrogen) atoms. The number of alkyl halides is 3. The number of rotatable bonds is 5. The minimum atomic E-state index is -5.81. The molecule has 0 spiro atoms. The van der Waals surface area contributed by atoms with Gasteiger partial charge in [-0.15, -0.1) is 5.92 Å².